The molecule has 0 aliphatic carbocycles. The predicted octanol–water partition coefficient (Wildman–Crippen LogP) is 4.49. The topological polar surface area (TPSA) is 55.4 Å². The highest BCUT2D eigenvalue weighted by Gasteiger charge is 2.30. The molecule has 3 rings (SSSR count). The maximum Gasteiger partial charge on any atom is 0.416 e. The van der Waals surface area contributed by atoms with Crippen LogP contribution in [0.5, 0.6) is 0 Å². The molecule has 0 atom stereocenters. The van der Waals surface area contributed by atoms with Gasteiger partial charge in [-0.25, -0.2) is 0 Å². The van der Waals surface area contributed by atoms with Crippen molar-refractivity contribution in [2.45, 2.75) is 12.7 Å². The summed E-state index contributed by atoms with van der Waals surface area (Å²) in [4.78, 5) is 12.0. The molecule has 0 spiro atoms. The fraction of sp³-hybridized carbons (Fsp3) is 0.118. The molecule has 7 heteroatoms. The van der Waals surface area contributed by atoms with E-state index in [1.54, 1.807) is 12.1 Å². The summed E-state index contributed by atoms with van der Waals surface area (Å²) in [5, 5.41) is 2.60. The highest BCUT2D eigenvalue weighted by Crippen LogP contribution is 2.32. The van der Waals surface area contributed by atoms with Crippen molar-refractivity contribution in [1.82, 2.24) is 5.32 Å². The van der Waals surface area contributed by atoms with Crippen LogP contribution in [0.1, 0.15) is 21.9 Å². The van der Waals surface area contributed by atoms with Crippen molar-refractivity contribution >= 4 is 5.91 Å². The number of furan rings is 2. The van der Waals surface area contributed by atoms with Crippen LogP contribution in [0.4, 0.5) is 13.2 Å². The lowest BCUT2D eigenvalue weighted by atomic mass is 10.1. The van der Waals surface area contributed by atoms with Gasteiger partial charge in [0.15, 0.2) is 5.76 Å². The van der Waals surface area contributed by atoms with Gasteiger partial charge in [-0.05, 0) is 36.4 Å². The third-order valence-electron chi connectivity index (χ3n) is 3.31. The van der Waals surface area contributed by atoms with Gasteiger partial charge in [-0.2, -0.15) is 13.2 Å². The van der Waals surface area contributed by atoms with Crippen molar-refractivity contribution in [2.24, 2.45) is 0 Å². The molecular formula is C17H12F3NO3. The monoisotopic (exact) mass is 335 g/mol. The molecule has 0 saturated heterocycles. The predicted molar refractivity (Wildman–Crippen MR) is 79.0 cm³/mol. The van der Waals surface area contributed by atoms with Gasteiger partial charge in [0.05, 0.1) is 18.4 Å². The molecule has 0 unspecified atom stereocenters. The fourth-order valence-corrected chi connectivity index (χ4v) is 2.13. The molecule has 4 nitrogen and oxygen atoms in total. The van der Waals surface area contributed by atoms with E-state index in [2.05, 4.69) is 5.32 Å². The number of carbonyl (C=O) groups is 1. The van der Waals surface area contributed by atoms with E-state index in [1.807, 2.05) is 0 Å². The molecule has 0 saturated carbocycles. The Morgan fingerprint density at radius 1 is 1.08 bits per heavy atom. The summed E-state index contributed by atoms with van der Waals surface area (Å²) in [6.45, 7) is 0.186. The lowest BCUT2D eigenvalue weighted by molar-refractivity contribution is -0.137. The molecule has 124 valence electrons. The summed E-state index contributed by atoms with van der Waals surface area (Å²) in [6, 6.07) is 11.0. The maximum atomic E-state index is 12.7. The van der Waals surface area contributed by atoms with Gasteiger partial charge >= 0.3 is 6.18 Å². The summed E-state index contributed by atoms with van der Waals surface area (Å²) >= 11 is 0. The molecule has 1 aromatic carbocycles. The summed E-state index contributed by atoms with van der Waals surface area (Å²) in [6.07, 6.45) is -2.95. The lowest BCUT2D eigenvalue weighted by Crippen LogP contribution is -2.21. The second kappa shape index (κ2) is 6.27. The molecule has 1 amide bonds. The third-order valence-corrected chi connectivity index (χ3v) is 3.31. The zero-order valence-corrected chi connectivity index (χ0v) is 12.3. The first-order chi connectivity index (χ1) is 11.4. The van der Waals surface area contributed by atoms with Crippen LogP contribution >= 0.6 is 0 Å². The second-order valence-electron chi connectivity index (χ2n) is 5.00. The number of alkyl halides is 3. The second-order valence-corrected chi connectivity index (χ2v) is 5.00. The van der Waals surface area contributed by atoms with Crippen molar-refractivity contribution in [3.63, 3.8) is 0 Å². The summed E-state index contributed by atoms with van der Waals surface area (Å²) < 4.78 is 48.7. The first-order valence-corrected chi connectivity index (χ1v) is 7.01. The van der Waals surface area contributed by atoms with E-state index in [-0.39, 0.29) is 23.6 Å². The van der Waals surface area contributed by atoms with Crippen LogP contribution in [0, 0.1) is 0 Å². The van der Waals surface area contributed by atoms with Crippen LogP contribution in [0.15, 0.2) is 63.6 Å². The van der Waals surface area contributed by atoms with Crippen molar-refractivity contribution in [3.05, 3.63) is 71.9 Å². The van der Waals surface area contributed by atoms with Crippen LogP contribution in [0.25, 0.3) is 11.3 Å². The first kappa shape index (κ1) is 15.9. The van der Waals surface area contributed by atoms with Crippen LogP contribution < -0.4 is 5.32 Å². The number of halogens is 3. The molecular weight excluding hydrogens is 323 g/mol. The van der Waals surface area contributed by atoms with Gasteiger partial charge in [-0.15, -0.1) is 0 Å². The Morgan fingerprint density at radius 3 is 2.62 bits per heavy atom. The Bertz CT molecular complexity index is 835. The van der Waals surface area contributed by atoms with E-state index in [4.69, 9.17) is 8.83 Å². The van der Waals surface area contributed by atoms with Gasteiger partial charge in [0.2, 0.25) is 0 Å². The highest BCUT2D eigenvalue weighted by molar-refractivity contribution is 5.92. The van der Waals surface area contributed by atoms with E-state index in [1.165, 1.54) is 30.5 Å². The van der Waals surface area contributed by atoms with Crippen LogP contribution in [-0.2, 0) is 12.7 Å². The Hall–Kier alpha value is -2.96. The quantitative estimate of drug-likeness (QED) is 0.764. The van der Waals surface area contributed by atoms with Gasteiger partial charge < -0.3 is 14.2 Å². The van der Waals surface area contributed by atoms with Crippen molar-refractivity contribution in [2.75, 3.05) is 0 Å². The Balaban J connectivity index is 1.74. The molecule has 24 heavy (non-hydrogen) atoms. The molecule has 2 heterocycles. The van der Waals surface area contributed by atoms with Crippen LogP contribution in [0.2, 0.25) is 0 Å². The standard InChI is InChI=1S/C17H12F3NO3/c18-17(19,20)12-4-1-3-11(9-12)14-6-7-15(24-14)16(22)21-10-13-5-2-8-23-13/h1-9H,10H2,(H,21,22). The van der Waals surface area contributed by atoms with Crippen molar-refractivity contribution < 1.29 is 26.8 Å². The number of rotatable bonds is 4. The molecule has 0 aliphatic heterocycles. The zero-order valence-electron chi connectivity index (χ0n) is 12.3. The fourth-order valence-electron chi connectivity index (χ4n) is 2.13. The number of carbonyl (C=O) groups excluding carboxylic acids is 1. The maximum absolute atomic E-state index is 12.7. The largest absolute Gasteiger partial charge is 0.467 e. The third kappa shape index (κ3) is 3.51. The number of hydrogen-bond donors (Lipinski definition) is 1. The minimum Gasteiger partial charge on any atom is -0.467 e. The Morgan fingerprint density at radius 2 is 1.92 bits per heavy atom. The zero-order chi connectivity index (χ0) is 17.2. The summed E-state index contributed by atoms with van der Waals surface area (Å²) in [5.41, 5.74) is -0.532. The molecule has 1 N–H and O–H groups in total. The average Bonchev–Trinajstić information content (AvgIpc) is 3.23. The number of amides is 1. The van der Waals surface area contributed by atoms with Gasteiger partial charge in [-0.3, -0.25) is 4.79 Å². The SMILES string of the molecule is O=C(NCc1ccco1)c1ccc(-c2cccc(C(F)(F)F)c2)o1. The number of hydrogen-bond acceptors (Lipinski definition) is 3. The van der Waals surface area contributed by atoms with E-state index >= 15 is 0 Å². The van der Waals surface area contributed by atoms with E-state index in [0.717, 1.165) is 12.1 Å². The van der Waals surface area contributed by atoms with E-state index in [0.29, 0.717) is 5.76 Å². The van der Waals surface area contributed by atoms with Gasteiger partial charge in [0.1, 0.15) is 11.5 Å². The van der Waals surface area contributed by atoms with E-state index < -0.39 is 17.6 Å². The van der Waals surface area contributed by atoms with Crippen molar-refractivity contribution in [1.29, 1.82) is 0 Å². The average molecular weight is 335 g/mol. The summed E-state index contributed by atoms with van der Waals surface area (Å²) in [7, 11) is 0. The van der Waals surface area contributed by atoms with Gasteiger partial charge in [0.25, 0.3) is 5.91 Å². The molecule has 0 bridgehead atoms. The van der Waals surface area contributed by atoms with Gasteiger partial charge in [-0.1, -0.05) is 12.1 Å². The minimum atomic E-state index is -4.44. The lowest BCUT2D eigenvalue weighted by Gasteiger charge is -2.07. The normalized spacial score (nSPS) is 11.5. The number of benzene rings is 1. The van der Waals surface area contributed by atoms with Crippen LogP contribution in [-0.4, -0.2) is 5.91 Å². The van der Waals surface area contributed by atoms with Crippen molar-refractivity contribution in [3.8, 4) is 11.3 Å². The smallest absolute Gasteiger partial charge is 0.416 e. The molecule has 2 aromatic heterocycles. The van der Waals surface area contributed by atoms with E-state index in [9.17, 15) is 18.0 Å². The van der Waals surface area contributed by atoms with Crippen LogP contribution in [0.3, 0.4) is 0 Å². The minimum absolute atomic E-state index is 0.00830. The molecule has 0 fully saturated rings. The number of nitrogens with one attached hydrogen (secondary N) is 1. The Kier molecular flexibility index (Phi) is 4.16. The highest BCUT2D eigenvalue weighted by atomic mass is 19.4. The van der Waals surface area contributed by atoms with Gasteiger partial charge in [0, 0.05) is 5.56 Å². The molecule has 0 radical (unpaired) electrons. The molecule has 3 aromatic rings. The summed E-state index contributed by atoms with van der Waals surface area (Å²) in [5.74, 6) is 0.288. The first-order valence-electron chi connectivity index (χ1n) is 7.01. The molecule has 0 aliphatic rings. The Labute approximate surface area is 134 Å².